The fourth-order valence-electron chi connectivity index (χ4n) is 3.60. The molecule has 0 aliphatic carbocycles. The van der Waals surface area contributed by atoms with E-state index in [1.807, 2.05) is 4.57 Å². The van der Waals surface area contributed by atoms with Gasteiger partial charge in [-0.3, -0.25) is 9.36 Å². The highest BCUT2D eigenvalue weighted by molar-refractivity contribution is 7.99. The number of ether oxygens (including phenoxy) is 2. The quantitative estimate of drug-likeness (QED) is 0.518. The van der Waals surface area contributed by atoms with Crippen molar-refractivity contribution in [3.63, 3.8) is 0 Å². The Labute approximate surface area is 191 Å². The van der Waals surface area contributed by atoms with Crippen LogP contribution in [0.4, 0.5) is 11.6 Å². The third-order valence-electron chi connectivity index (χ3n) is 5.26. The summed E-state index contributed by atoms with van der Waals surface area (Å²) in [5, 5.41) is 12.5. The predicted octanol–water partition coefficient (Wildman–Crippen LogP) is 3.92. The Morgan fingerprint density at radius 3 is 2.31 bits per heavy atom. The van der Waals surface area contributed by atoms with Gasteiger partial charge in [0.2, 0.25) is 11.9 Å². The van der Waals surface area contributed by atoms with Crippen molar-refractivity contribution in [1.29, 1.82) is 0 Å². The van der Waals surface area contributed by atoms with E-state index >= 15 is 0 Å². The Morgan fingerprint density at radius 1 is 1.03 bits per heavy atom. The van der Waals surface area contributed by atoms with E-state index in [2.05, 4.69) is 51.6 Å². The summed E-state index contributed by atoms with van der Waals surface area (Å²) < 4.78 is 12.6. The maximum Gasteiger partial charge on any atom is 0.234 e. The van der Waals surface area contributed by atoms with Crippen LogP contribution in [0, 0.1) is 6.92 Å². The molecule has 32 heavy (non-hydrogen) atoms. The van der Waals surface area contributed by atoms with Crippen molar-refractivity contribution in [1.82, 2.24) is 14.8 Å². The number of carbonyl (C=O) groups is 1. The van der Waals surface area contributed by atoms with E-state index in [0.29, 0.717) is 22.3 Å². The molecule has 1 N–H and O–H groups in total. The number of amides is 1. The summed E-state index contributed by atoms with van der Waals surface area (Å²) in [5.41, 5.74) is 2.79. The maximum atomic E-state index is 12.7. The first-order valence-corrected chi connectivity index (χ1v) is 11.5. The van der Waals surface area contributed by atoms with Gasteiger partial charge in [-0.2, -0.15) is 0 Å². The molecule has 1 fully saturated rings. The molecule has 3 aromatic rings. The standard InChI is InChI=1S/C23H27N5O3S/c1-16-6-8-18(9-7-16)28-22(27-10-4-5-11-27)25-26-23(28)32-15-21(29)24-17-12-19(30-2)14-20(13-17)31-3/h6-9,12-14H,4-5,10-11,15H2,1-3H3,(H,24,29). The summed E-state index contributed by atoms with van der Waals surface area (Å²) in [4.78, 5) is 14.9. The minimum absolute atomic E-state index is 0.147. The lowest BCUT2D eigenvalue weighted by Gasteiger charge is -2.18. The highest BCUT2D eigenvalue weighted by atomic mass is 32.2. The summed E-state index contributed by atoms with van der Waals surface area (Å²) in [6.45, 7) is 3.99. The van der Waals surface area contributed by atoms with Crippen LogP contribution in [0.5, 0.6) is 11.5 Å². The molecule has 0 atom stereocenters. The van der Waals surface area contributed by atoms with Gasteiger partial charge in [0, 0.05) is 37.0 Å². The van der Waals surface area contributed by atoms with Gasteiger partial charge in [-0.1, -0.05) is 29.5 Å². The van der Waals surface area contributed by atoms with Gasteiger partial charge in [-0.15, -0.1) is 10.2 Å². The van der Waals surface area contributed by atoms with Crippen molar-refractivity contribution in [2.75, 3.05) is 43.3 Å². The minimum atomic E-state index is -0.147. The molecule has 0 radical (unpaired) electrons. The third kappa shape index (κ3) is 4.99. The molecule has 1 aromatic heterocycles. The number of aryl methyl sites for hydroxylation is 1. The van der Waals surface area contributed by atoms with Crippen LogP contribution in [0.3, 0.4) is 0 Å². The molecule has 2 heterocycles. The molecule has 4 rings (SSSR count). The van der Waals surface area contributed by atoms with E-state index in [1.54, 1.807) is 32.4 Å². The number of nitrogens with zero attached hydrogens (tertiary/aromatic N) is 4. The number of anilines is 2. The van der Waals surface area contributed by atoms with Gasteiger partial charge in [-0.25, -0.2) is 0 Å². The smallest absolute Gasteiger partial charge is 0.234 e. The second-order valence-corrected chi connectivity index (χ2v) is 8.53. The first kappa shape index (κ1) is 22.0. The van der Waals surface area contributed by atoms with Crippen molar-refractivity contribution in [3.05, 3.63) is 48.0 Å². The van der Waals surface area contributed by atoms with Crippen LogP contribution in [-0.2, 0) is 4.79 Å². The largest absolute Gasteiger partial charge is 0.497 e. The number of hydrogen-bond acceptors (Lipinski definition) is 7. The zero-order valence-corrected chi connectivity index (χ0v) is 19.3. The molecule has 1 saturated heterocycles. The van der Waals surface area contributed by atoms with E-state index in [0.717, 1.165) is 37.6 Å². The molecule has 0 saturated carbocycles. The van der Waals surface area contributed by atoms with E-state index < -0.39 is 0 Å². The van der Waals surface area contributed by atoms with Crippen molar-refractivity contribution in [2.24, 2.45) is 0 Å². The summed E-state index contributed by atoms with van der Waals surface area (Å²) in [7, 11) is 3.15. The van der Waals surface area contributed by atoms with E-state index in [9.17, 15) is 4.79 Å². The number of aromatic nitrogens is 3. The highest BCUT2D eigenvalue weighted by Gasteiger charge is 2.23. The lowest BCUT2D eigenvalue weighted by atomic mass is 10.2. The number of methoxy groups -OCH3 is 2. The monoisotopic (exact) mass is 453 g/mol. The average molecular weight is 454 g/mol. The van der Waals surface area contributed by atoms with Gasteiger partial charge in [0.25, 0.3) is 0 Å². The topological polar surface area (TPSA) is 81.5 Å². The number of hydrogen-bond donors (Lipinski definition) is 1. The van der Waals surface area contributed by atoms with E-state index in [1.165, 1.54) is 17.3 Å². The molecule has 168 valence electrons. The van der Waals surface area contributed by atoms with Crippen LogP contribution < -0.4 is 19.7 Å². The molecule has 0 spiro atoms. The Morgan fingerprint density at radius 2 is 1.69 bits per heavy atom. The SMILES string of the molecule is COc1cc(NC(=O)CSc2nnc(N3CCCC3)n2-c2ccc(C)cc2)cc(OC)c1. The number of nitrogens with one attached hydrogen (secondary N) is 1. The van der Waals surface area contributed by atoms with E-state index in [4.69, 9.17) is 9.47 Å². The van der Waals surface area contributed by atoms with Crippen LogP contribution in [0.15, 0.2) is 47.6 Å². The fraction of sp³-hybridized carbons (Fsp3) is 0.348. The zero-order chi connectivity index (χ0) is 22.5. The minimum Gasteiger partial charge on any atom is -0.497 e. The Balaban J connectivity index is 1.52. The van der Waals surface area contributed by atoms with Gasteiger partial charge in [0.05, 0.1) is 25.7 Å². The van der Waals surface area contributed by atoms with Crippen molar-refractivity contribution < 1.29 is 14.3 Å². The summed E-state index contributed by atoms with van der Waals surface area (Å²) in [6, 6.07) is 13.5. The van der Waals surface area contributed by atoms with Crippen molar-refractivity contribution >= 4 is 29.3 Å². The maximum absolute atomic E-state index is 12.7. The second-order valence-electron chi connectivity index (χ2n) is 7.59. The Kier molecular flexibility index (Phi) is 6.84. The van der Waals surface area contributed by atoms with Crippen LogP contribution >= 0.6 is 11.8 Å². The Bertz CT molecular complexity index is 1060. The van der Waals surface area contributed by atoms with Crippen LogP contribution in [0.25, 0.3) is 5.69 Å². The van der Waals surface area contributed by atoms with Gasteiger partial charge >= 0.3 is 0 Å². The first-order valence-electron chi connectivity index (χ1n) is 10.5. The third-order valence-corrected chi connectivity index (χ3v) is 6.19. The zero-order valence-electron chi connectivity index (χ0n) is 18.5. The van der Waals surface area contributed by atoms with Gasteiger partial charge in [0.15, 0.2) is 5.16 Å². The van der Waals surface area contributed by atoms with Gasteiger partial charge in [-0.05, 0) is 31.9 Å². The molecule has 1 amide bonds. The Hall–Kier alpha value is -3.20. The average Bonchev–Trinajstić information content (AvgIpc) is 3.48. The summed E-state index contributed by atoms with van der Waals surface area (Å²) >= 11 is 1.36. The van der Waals surface area contributed by atoms with E-state index in [-0.39, 0.29) is 11.7 Å². The molecule has 2 aromatic carbocycles. The van der Waals surface area contributed by atoms with Crippen LogP contribution in [-0.4, -0.2) is 53.7 Å². The molecule has 0 bridgehead atoms. The van der Waals surface area contributed by atoms with Gasteiger partial charge in [0.1, 0.15) is 11.5 Å². The summed E-state index contributed by atoms with van der Waals surface area (Å²) in [5.74, 6) is 2.10. The normalized spacial score (nSPS) is 13.3. The molecule has 0 unspecified atom stereocenters. The second kappa shape index (κ2) is 9.95. The number of benzene rings is 2. The molecule has 8 nitrogen and oxygen atoms in total. The summed E-state index contributed by atoms with van der Waals surface area (Å²) in [6.07, 6.45) is 2.30. The predicted molar refractivity (Wildman–Crippen MR) is 126 cm³/mol. The molecule has 1 aliphatic heterocycles. The molecular weight excluding hydrogens is 426 g/mol. The first-order chi connectivity index (χ1) is 15.6. The number of carbonyl (C=O) groups excluding carboxylic acids is 1. The highest BCUT2D eigenvalue weighted by Crippen LogP contribution is 2.29. The molecule has 1 aliphatic rings. The number of rotatable bonds is 8. The molecular formula is C23H27N5O3S. The van der Waals surface area contributed by atoms with Crippen LogP contribution in [0.2, 0.25) is 0 Å². The van der Waals surface area contributed by atoms with Crippen molar-refractivity contribution in [2.45, 2.75) is 24.9 Å². The molecule has 9 heteroatoms. The lowest BCUT2D eigenvalue weighted by Crippen LogP contribution is -2.22. The van der Waals surface area contributed by atoms with Gasteiger partial charge < -0.3 is 19.7 Å². The fourth-order valence-corrected chi connectivity index (χ4v) is 4.35. The lowest BCUT2D eigenvalue weighted by molar-refractivity contribution is -0.113. The van der Waals surface area contributed by atoms with Crippen molar-refractivity contribution in [3.8, 4) is 17.2 Å². The van der Waals surface area contributed by atoms with Crippen LogP contribution in [0.1, 0.15) is 18.4 Å². The number of thioether (sulfide) groups is 1.